The number of aliphatic hydroxyl groups is 1. The lowest BCUT2D eigenvalue weighted by Crippen LogP contribution is -2.33. The standard InChI is InChI=1S/C11H17N3O/c1-2-14-4-3-13-11(14)6-9-5-10(15)8-12-7-9/h3-5,10,12,15H,2,6-8H2,1H3. The van der Waals surface area contributed by atoms with Crippen molar-refractivity contribution in [3.05, 3.63) is 29.9 Å². The van der Waals surface area contributed by atoms with Gasteiger partial charge in [0.15, 0.2) is 0 Å². The molecular formula is C11H17N3O. The molecule has 2 rings (SSSR count). The maximum atomic E-state index is 9.47. The highest BCUT2D eigenvalue weighted by Crippen LogP contribution is 2.09. The van der Waals surface area contributed by atoms with E-state index in [1.54, 1.807) is 0 Å². The van der Waals surface area contributed by atoms with Crippen LogP contribution in [0.15, 0.2) is 24.0 Å². The van der Waals surface area contributed by atoms with Crippen molar-refractivity contribution in [1.29, 1.82) is 0 Å². The predicted octanol–water partition coefficient (Wildman–Crippen LogP) is 0.336. The van der Waals surface area contributed by atoms with Crippen LogP contribution in [0.3, 0.4) is 0 Å². The number of imidazole rings is 1. The molecule has 0 radical (unpaired) electrons. The second-order valence-corrected chi connectivity index (χ2v) is 3.83. The number of aromatic nitrogens is 2. The van der Waals surface area contributed by atoms with E-state index in [0.29, 0.717) is 6.54 Å². The second kappa shape index (κ2) is 4.59. The van der Waals surface area contributed by atoms with Gasteiger partial charge in [-0.25, -0.2) is 4.98 Å². The molecule has 1 atom stereocenters. The summed E-state index contributed by atoms with van der Waals surface area (Å²) < 4.78 is 2.13. The first-order chi connectivity index (χ1) is 7.29. The van der Waals surface area contributed by atoms with Gasteiger partial charge in [0.25, 0.3) is 0 Å². The van der Waals surface area contributed by atoms with Crippen molar-refractivity contribution in [3.63, 3.8) is 0 Å². The van der Waals surface area contributed by atoms with E-state index in [9.17, 15) is 5.11 Å². The summed E-state index contributed by atoms with van der Waals surface area (Å²) in [6.45, 7) is 4.56. The van der Waals surface area contributed by atoms with Gasteiger partial charge in [-0.15, -0.1) is 0 Å². The van der Waals surface area contributed by atoms with Gasteiger partial charge < -0.3 is 15.0 Å². The molecule has 0 spiro atoms. The van der Waals surface area contributed by atoms with E-state index >= 15 is 0 Å². The Hall–Kier alpha value is -1.13. The van der Waals surface area contributed by atoms with E-state index in [2.05, 4.69) is 21.8 Å². The first-order valence-electron chi connectivity index (χ1n) is 5.38. The van der Waals surface area contributed by atoms with Crippen LogP contribution in [0, 0.1) is 0 Å². The number of nitrogens with one attached hydrogen (secondary N) is 1. The summed E-state index contributed by atoms with van der Waals surface area (Å²) in [6, 6.07) is 0. The monoisotopic (exact) mass is 207 g/mol. The second-order valence-electron chi connectivity index (χ2n) is 3.83. The minimum atomic E-state index is -0.348. The molecule has 0 amide bonds. The SMILES string of the molecule is CCn1ccnc1CC1=CC(O)CNC1. The van der Waals surface area contributed by atoms with Crippen LogP contribution < -0.4 is 5.32 Å². The zero-order valence-corrected chi connectivity index (χ0v) is 8.98. The lowest BCUT2D eigenvalue weighted by atomic mass is 10.1. The van der Waals surface area contributed by atoms with Gasteiger partial charge in [0.05, 0.1) is 6.10 Å². The number of rotatable bonds is 3. The van der Waals surface area contributed by atoms with Crippen LogP contribution in [0.25, 0.3) is 0 Å². The molecule has 15 heavy (non-hydrogen) atoms. The fourth-order valence-corrected chi connectivity index (χ4v) is 1.89. The third-order valence-electron chi connectivity index (χ3n) is 2.66. The summed E-state index contributed by atoms with van der Waals surface area (Å²) in [4.78, 5) is 4.32. The highest BCUT2D eigenvalue weighted by molar-refractivity contribution is 5.16. The molecule has 0 saturated heterocycles. The van der Waals surface area contributed by atoms with E-state index in [0.717, 1.165) is 25.3 Å². The minimum absolute atomic E-state index is 0.348. The zero-order chi connectivity index (χ0) is 10.7. The van der Waals surface area contributed by atoms with Gasteiger partial charge in [-0.3, -0.25) is 0 Å². The smallest absolute Gasteiger partial charge is 0.112 e. The molecule has 2 N–H and O–H groups in total. The van der Waals surface area contributed by atoms with Gasteiger partial charge in [-0.1, -0.05) is 11.6 Å². The van der Waals surface area contributed by atoms with Crippen LogP contribution in [-0.4, -0.2) is 33.9 Å². The van der Waals surface area contributed by atoms with Crippen LogP contribution in [-0.2, 0) is 13.0 Å². The van der Waals surface area contributed by atoms with Crippen LogP contribution in [0.1, 0.15) is 12.7 Å². The van der Waals surface area contributed by atoms with Gasteiger partial charge in [-0.05, 0) is 6.92 Å². The lowest BCUT2D eigenvalue weighted by Gasteiger charge is -2.18. The average molecular weight is 207 g/mol. The molecule has 1 aromatic heterocycles. The fraction of sp³-hybridized carbons (Fsp3) is 0.545. The van der Waals surface area contributed by atoms with Gasteiger partial charge in [0.2, 0.25) is 0 Å². The Balaban J connectivity index is 2.08. The third kappa shape index (κ3) is 2.46. The van der Waals surface area contributed by atoms with E-state index in [1.165, 1.54) is 5.57 Å². The Morgan fingerprint density at radius 1 is 1.67 bits per heavy atom. The summed E-state index contributed by atoms with van der Waals surface area (Å²) in [7, 11) is 0. The summed E-state index contributed by atoms with van der Waals surface area (Å²) in [5.41, 5.74) is 1.22. The highest BCUT2D eigenvalue weighted by atomic mass is 16.3. The summed E-state index contributed by atoms with van der Waals surface area (Å²) in [6.07, 6.45) is 6.23. The molecular weight excluding hydrogens is 190 g/mol. The Morgan fingerprint density at radius 2 is 2.53 bits per heavy atom. The Morgan fingerprint density at radius 3 is 3.27 bits per heavy atom. The molecule has 4 heteroatoms. The molecule has 2 heterocycles. The van der Waals surface area contributed by atoms with E-state index < -0.39 is 0 Å². The summed E-state index contributed by atoms with van der Waals surface area (Å²) >= 11 is 0. The first-order valence-corrected chi connectivity index (χ1v) is 5.38. The Bertz CT molecular complexity index is 356. The van der Waals surface area contributed by atoms with Crippen molar-refractivity contribution in [2.45, 2.75) is 26.0 Å². The van der Waals surface area contributed by atoms with Gasteiger partial charge >= 0.3 is 0 Å². The van der Waals surface area contributed by atoms with E-state index in [1.807, 2.05) is 18.5 Å². The molecule has 0 saturated carbocycles. The molecule has 1 aliphatic heterocycles. The minimum Gasteiger partial charge on any atom is -0.388 e. The Kier molecular flexibility index (Phi) is 3.18. The summed E-state index contributed by atoms with van der Waals surface area (Å²) in [5.74, 6) is 1.07. The molecule has 0 aromatic carbocycles. The largest absolute Gasteiger partial charge is 0.388 e. The van der Waals surface area contributed by atoms with Crippen LogP contribution in [0.4, 0.5) is 0 Å². The molecule has 0 aliphatic carbocycles. The van der Waals surface area contributed by atoms with Crippen molar-refractivity contribution < 1.29 is 5.11 Å². The first kappa shape index (κ1) is 10.4. The molecule has 4 nitrogen and oxygen atoms in total. The number of hydrogen-bond donors (Lipinski definition) is 2. The van der Waals surface area contributed by atoms with Crippen LogP contribution in [0.5, 0.6) is 0 Å². The van der Waals surface area contributed by atoms with E-state index in [-0.39, 0.29) is 6.10 Å². The molecule has 1 aromatic rings. The number of aliphatic hydroxyl groups excluding tert-OH is 1. The van der Waals surface area contributed by atoms with Crippen molar-refractivity contribution in [3.8, 4) is 0 Å². The molecule has 1 aliphatic rings. The maximum Gasteiger partial charge on any atom is 0.112 e. The van der Waals surface area contributed by atoms with Crippen LogP contribution >= 0.6 is 0 Å². The van der Waals surface area contributed by atoms with Gasteiger partial charge in [-0.2, -0.15) is 0 Å². The fourth-order valence-electron chi connectivity index (χ4n) is 1.89. The topological polar surface area (TPSA) is 50.1 Å². The molecule has 0 bridgehead atoms. The maximum absolute atomic E-state index is 9.47. The van der Waals surface area contributed by atoms with Crippen molar-refractivity contribution >= 4 is 0 Å². The zero-order valence-electron chi connectivity index (χ0n) is 8.98. The highest BCUT2D eigenvalue weighted by Gasteiger charge is 2.12. The number of hydrogen-bond acceptors (Lipinski definition) is 3. The van der Waals surface area contributed by atoms with Gasteiger partial charge in [0, 0.05) is 38.4 Å². The predicted molar refractivity (Wildman–Crippen MR) is 58.6 cm³/mol. The van der Waals surface area contributed by atoms with Crippen molar-refractivity contribution in [2.24, 2.45) is 0 Å². The van der Waals surface area contributed by atoms with Crippen molar-refractivity contribution in [1.82, 2.24) is 14.9 Å². The lowest BCUT2D eigenvalue weighted by molar-refractivity contribution is 0.212. The average Bonchev–Trinajstić information content (AvgIpc) is 2.65. The number of β-amino-alcohol motifs (C(OH)–C–C–N with tert-alkyl or cyclic N) is 1. The van der Waals surface area contributed by atoms with Gasteiger partial charge in [0.1, 0.15) is 5.82 Å². The third-order valence-corrected chi connectivity index (χ3v) is 2.66. The Labute approximate surface area is 89.6 Å². The van der Waals surface area contributed by atoms with Crippen molar-refractivity contribution in [2.75, 3.05) is 13.1 Å². The van der Waals surface area contributed by atoms with E-state index in [4.69, 9.17) is 0 Å². The molecule has 1 unspecified atom stereocenters. The number of nitrogens with zero attached hydrogens (tertiary/aromatic N) is 2. The molecule has 0 fully saturated rings. The normalized spacial score (nSPS) is 21.5. The van der Waals surface area contributed by atoms with Crippen LogP contribution in [0.2, 0.25) is 0 Å². The number of aryl methyl sites for hydroxylation is 1. The molecule has 82 valence electrons. The summed E-state index contributed by atoms with van der Waals surface area (Å²) in [5, 5.41) is 12.6. The quantitative estimate of drug-likeness (QED) is 0.703.